The summed E-state index contributed by atoms with van der Waals surface area (Å²) in [5, 5.41) is 21.7. The van der Waals surface area contributed by atoms with E-state index in [1.807, 2.05) is 6.92 Å². The van der Waals surface area contributed by atoms with E-state index in [9.17, 15) is 14.8 Å². The zero-order valence-electron chi connectivity index (χ0n) is 16.3. The van der Waals surface area contributed by atoms with Crippen molar-refractivity contribution < 1.29 is 24.6 Å². The molecule has 0 bridgehead atoms. The van der Waals surface area contributed by atoms with Gasteiger partial charge in [-0.15, -0.1) is 0 Å². The summed E-state index contributed by atoms with van der Waals surface area (Å²) in [6, 6.07) is -0.920. The number of carbonyl (C=O) groups excluding carboxylic acids is 1. The number of aliphatic hydroxyl groups excluding tert-OH is 2. The molecule has 5 unspecified atom stereocenters. The van der Waals surface area contributed by atoms with E-state index in [1.165, 1.54) is 0 Å². The molecule has 26 heavy (non-hydrogen) atoms. The third kappa shape index (κ3) is 9.56. The van der Waals surface area contributed by atoms with Crippen molar-refractivity contribution in [3.63, 3.8) is 0 Å². The highest BCUT2D eigenvalue weighted by molar-refractivity contribution is 5.37. The van der Waals surface area contributed by atoms with Crippen molar-refractivity contribution in [2.45, 2.75) is 77.5 Å². The number of unbranched alkanes of at least 4 members (excludes halogenated alkanes) is 1. The van der Waals surface area contributed by atoms with Crippen LogP contribution < -0.4 is 5.90 Å². The van der Waals surface area contributed by atoms with E-state index in [4.69, 9.17) is 20.6 Å². The number of rotatable bonds is 17. The van der Waals surface area contributed by atoms with Crippen LogP contribution >= 0.6 is 0 Å². The number of aliphatic hydroxyl groups is 2. The molecule has 0 amide bonds. The molecule has 0 aliphatic rings. The molecule has 0 aromatic heterocycles. The maximum atomic E-state index is 11.1. The third-order valence-corrected chi connectivity index (χ3v) is 4.80. The van der Waals surface area contributed by atoms with Gasteiger partial charge in [-0.3, -0.25) is 9.63 Å². The number of hydrogen-bond acceptors (Lipinski definition) is 8. The van der Waals surface area contributed by atoms with Gasteiger partial charge in [-0.2, -0.15) is 4.91 Å². The Morgan fingerprint density at radius 1 is 1.08 bits per heavy atom. The molecule has 0 saturated heterocycles. The second kappa shape index (κ2) is 15.0. The summed E-state index contributed by atoms with van der Waals surface area (Å²) in [5.74, 6) is 5.84. The minimum absolute atomic E-state index is 0.0416. The smallest absolute Gasteiger partial charge is 0.293 e. The second-order valence-electron chi connectivity index (χ2n) is 7.42. The number of ether oxygens (including phenoxy) is 1. The lowest BCUT2D eigenvalue weighted by Crippen LogP contribution is -2.46. The van der Waals surface area contributed by atoms with Crippen LogP contribution in [0, 0.1) is 22.7 Å². The molecule has 0 aromatic rings. The predicted octanol–water partition coefficient (Wildman–Crippen LogP) is 2.16. The van der Waals surface area contributed by atoms with E-state index in [1.54, 1.807) is 0 Å². The van der Waals surface area contributed by atoms with Crippen molar-refractivity contribution in [3.8, 4) is 0 Å². The molecule has 0 aliphatic carbocycles. The highest BCUT2D eigenvalue weighted by atomic mass is 16.6. The van der Waals surface area contributed by atoms with Gasteiger partial charge in [0.25, 0.3) is 6.47 Å². The molecule has 8 heteroatoms. The van der Waals surface area contributed by atoms with Crippen LogP contribution in [0.3, 0.4) is 0 Å². The number of nitrogens with zero attached hydrogens (tertiary/aromatic N) is 1. The summed E-state index contributed by atoms with van der Waals surface area (Å²) in [6.45, 7) is 6.31. The van der Waals surface area contributed by atoms with Crippen molar-refractivity contribution in [3.05, 3.63) is 4.91 Å². The molecule has 5 atom stereocenters. The number of nitrogens with two attached hydrogens (primary N) is 1. The van der Waals surface area contributed by atoms with Gasteiger partial charge in [0.2, 0.25) is 0 Å². The normalized spacial score (nSPS) is 17.3. The summed E-state index contributed by atoms with van der Waals surface area (Å²) >= 11 is 0. The van der Waals surface area contributed by atoms with E-state index in [0.29, 0.717) is 18.8 Å². The zero-order chi connectivity index (χ0) is 19.9. The zero-order valence-corrected chi connectivity index (χ0v) is 16.3. The molecule has 8 nitrogen and oxygen atoms in total. The van der Waals surface area contributed by atoms with Gasteiger partial charge in [-0.25, -0.2) is 5.90 Å². The van der Waals surface area contributed by atoms with Gasteiger partial charge in [0, 0.05) is 13.2 Å². The number of carbonyl (C=O) groups is 1. The third-order valence-electron chi connectivity index (χ3n) is 4.80. The van der Waals surface area contributed by atoms with Gasteiger partial charge in [-0.1, -0.05) is 45.2 Å². The maximum absolute atomic E-state index is 11.1. The lowest BCUT2D eigenvalue weighted by atomic mass is 9.85. The quantitative estimate of drug-likeness (QED) is 0.153. The van der Waals surface area contributed by atoms with Gasteiger partial charge < -0.3 is 14.9 Å². The molecule has 0 saturated carbocycles. The molecule has 0 radical (unpaired) electrons. The van der Waals surface area contributed by atoms with E-state index in [2.05, 4.69) is 19.0 Å². The van der Waals surface area contributed by atoms with Crippen LogP contribution in [0.25, 0.3) is 0 Å². The van der Waals surface area contributed by atoms with Gasteiger partial charge in [0.05, 0.1) is 0 Å². The van der Waals surface area contributed by atoms with E-state index < -0.39 is 18.2 Å². The summed E-state index contributed by atoms with van der Waals surface area (Å²) < 4.78 is 5.14. The highest BCUT2D eigenvalue weighted by Gasteiger charge is 2.37. The largest absolute Gasteiger partial charge is 0.461 e. The molecule has 0 heterocycles. The predicted molar refractivity (Wildman–Crippen MR) is 98.9 cm³/mol. The summed E-state index contributed by atoms with van der Waals surface area (Å²) in [6.07, 6.45) is 3.10. The van der Waals surface area contributed by atoms with Crippen molar-refractivity contribution in [2.24, 2.45) is 28.8 Å². The molecule has 0 spiro atoms. The van der Waals surface area contributed by atoms with Gasteiger partial charge in [0.1, 0.15) is 18.2 Å². The van der Waals surface area contributed by atoms with Crippen LogP contribution in [-0.2, 0) is 14.4 Å². The maximum Gasteiger partial charge on any atom is 0.293 e. The Bertz CT molecular complexity index is 370. The monoisotopic (exact) mass is 376 g/mol. The molecular formula is C18H36N2O6. The van der Waals surface area contributed by atoms with Gasteiger partial charge in [0.15, 0.2) is 0 Å². The van der Waals surface area contributed by atoms with Crippen LogP contribution in [0.2, 0.25) is 0 Å². The fourth-order valence-electron chi connectivity index (χ4n) is 3.32. The van der Waals surface area contributed by atoms with E-state index in [0.717, 1.165) is 25.7 Å². The van der Waals surface area contributed by atoms with E-state index >= 15 is 0 Å². The van der Waals surface area contributed by atoms with Gasteiger partial charge >= 0.3 is 0 Å². The molecule has 0 aromatic carbocycles. The number of nitroso groups, excluding NO2 is 1. The molecule has 154 valence electrons. The first-order valence-corrected chi connectivity index (χ1v) is 9.43. The first-order chi connectivity index (χ1) is 12.4. The minimum atomic E-state index is -0.944. The Kier molecular flexibility index (Phi) is 14.4. The fraction of sp³-hybridized carbons (Fsp3) is 0.944. The van der Waals surface area contributed by atoms with Crippen LogP contribution in [0.4, 0.5) is 0 Å². The topological polar surface area (TPSA) is 131 Å². The summed E-state index contributed by atoms with van der Waals surface area (Å²) in [4.78, 5) is 26.8. The van der Waals surface area contributed by atoms with Crippen molar-refractivity contribution >= 4 is 6.47 Å². The standard InChI is InChI=1S/C18H36N2O6/c1-13(2)6-4-5-7-15(11-22)10-14(3)17(25-12-23)18(26-19)16(20-24)8-9-21/h12-18,21-22H,4-11,19H2,1-3H3. The van der Waals surface area contributed by atoms with Crippen LogP contribution in [-0.4, -0.2) is 48.1 Å². The average Bonchev–Trinajstić information content (AvgIpc) is 2.62. The summed E-state index contributed by atoms with van der Waals surface area (Å²) in [5.41, 5.74) is 0. The molecule has 0 rings (SSSR count). The first kappa shape index (κ1) is 24.9. The van der Waals surface area contributed by atoms with Crippen LogP contribution in [0.5, 0.6) is 0 Å². The lowest BCUT2D eigenvalue weighted by molar-refractivity contribution is -0.150. The highest BCUT2D eigenvalue weighted by Crippen LogP contribution is 2.27. The van der Waals surface area contributed by atoms with Crippen molar-refractivity contribution in [1.29, 1.82) is 0 Å². The minimum Gasteiger partial charge on any atom is -0.461 e. The fourth-order valence-corrected chi connectivity index (χ4v) is 3.32. The lowest BCUT2D eigenvalue weighted by Gasteiger charge is -2.32. The van der Waals surface area contributed by atoms with Crippen LogP contribution in [0.15, 0.2) is 5.18 Å². The van der Waals surface area contributed by atoms with Crippen molar-refractivity contribution in [1.82, 2.24) is 0 Å². The summed E-state index contributed by atoms with van der Waals surface area (Å²) in [7, 11) is 0. The Labute approximate surface area is 156 Å². The number of hydrogen-bond donors (Lipinski definition) is 3. The first-order valence-electron chi connectivity index (χ1n) is 9.43. The molecule has 0 aliphatic heterocycles. The Morgan fingerprint density at radius 3 is 2.19 bits per heavy atom. The Balaban J connectivity index is 4.86. The average molecular weight is 376 g/mol. The van der Waals surface area contributed by atoms with Crippen molar-refractivity contribution in [2.75, 3.05) is 13.2 Å². The van der Waals surface area contributed by atoms with Gasteiger partial charge in [-0.05, 0) is 37.0 Å². The SMILES string of the molecule is CC(C)CCCCC(CO)CC(C)C(OC=O)C(ON)C(CCO)N=O. The molecule has 0 fully saturated rings. The Morgan fingerprint density at radius 2 is 1.73 bits per heavy atom. The molecular weight excluding hydrogens is 340 g/mol. The van der Waals surface area contributed by atoms with Crippen LogP contribution in [0.1, 0.15) is 59.3 Å². The molecule has 4 N–H and O–H groups in total. The Hall–Kier alpha value is -1.09. The second-order valence-corrected chi connectivity index (χ2v) is 7.42. The van der Waals surface area contributed by atoms with E-state index in [-0.39, 0.29) is 31.5 Å².